The van der Waals surface area contributed by atoms with Gasteiger partial charge in [-0.15, -0.1) is 0 Å². The number of hydrogen-bond donors (Lipinski definition) is 2. The number of carbonyl (C=O) groups is 1. The van der Waals surface area contributed by atoms with Crippen molar-refractivity contribution in [3.63, 3.8) is 0 Å². The minimum Gasteiger partial charge on any atom is -0.465 e. The lowest BCUT2D eigenvalue weighted by Crippen LogP contribution is -2.61. The molecule has 0 aliphatic carbocycles. The van der Waals surface area contributed by atoms with Crippen molar-refractivity contribution in [1.29, 1.82) is 0 Å². The number of rotatable bonds is 0. The van der Waals surface area contributed by atoms with E-state index in [4.69, 9.17) is 10.8 Å². The highest BCUT2D eigenvalue weighted by atomic mass is 16.4. The Labute approximate surface area is 72.3 Å². The van der Waals surface area contributed by atoms with Crippen molar-refractivity contribution in [1.82, 2.24) is 4.90 Å². The van der Waals surface area contributed by atoms with Gasteiger partial charge in [-0.3, -0.25) is 0 Å². The molecule has 1 rings (SSSR count). The normalized spacial score (nSPS) is 28.6. The Morgan fingerprint density at radius 1 is 1.67 bits per heavy atom. The van der Waals surface area contributed by atoms with Gasteiger partial charge in [0, 0.05) is 12.6 Å². The van der Waals surface area contributed by atoms with Crippen molar-refractivity contribution >= 4 is 6.09 Å². The molecule has 70 valence electrons. The van der Waals surface area contributed by atoms with Gasteiger partial charge in [0.1, 0.15) is 0 Å². The molecule has 4 heteroatoms. The summed E-state index contributed by atoms with van der Waals surface area (Å²) in [4.78, 5) is 12.2. The lowest BCUT2D eigenvalue weighted by atomic mass is 9.86. The Morgan fingerprint density at radius 2 is 2.25 bits per heavy atom. The van der Waals surface area contributed by atoms with Crippen LogP contribution in [-0.4, -0.2) is 34.2 Å². The van der Waals surface area contributed by atoms with E-state index >= 15 is 0 Å². The molecule has 1 amide bonds. The number of piperidine rings is 1. The molecule has 0 spiro atoms. The summed E-state index contributed by atoms with van der Waals surface area (Å²) in [5, 5.41) is 8.86. The van der Waals surface area contributed by atoms with Gasteiger partial charge in [-0.05, 0) is 26.7 Å². The third-order valence-corrected chi connectivity index (χ3v) is 2.73. The van der Waals surface area contributed by atoms with E-state index < -0.39 is 11.6 Å². The first-order chi connectivity index (χ1) is 5.46. The molecule has 3 N–H and O–H groups in total. The Balaban J connectivity index is 2.79. The first-order valence-corrected chi connectivity index (χ1v) is 4.22. The lowest BCUT2D eigenvalue weighted by Gasteiger charge is -2.44. The van der Waals surface area contributed by atoms with Gasteiger partial charge in [0.25, 0.3) is 0 Å². The van der Waals surface area contributed by atoms with Crippen LogP contribution in [0.5, 0.6) is 0 Å². The van der Waals surface area contributed by atoms with Crippen molar-refractivity contribution < 1.29 is 9.90 Å². The van der Waals surface area contributed by atoms with Crippen LogP contribution in [0.4, 0.5) is 4.79 Å². The van der Waals surface area contributed by atoms with Gasteiger partial charge < -0.3 is 15.7 Å². The van der Waals surface area contributed by atoms with Crippen LogP contribution in [0.1, 0.15) is 26.7 Å². The predicted molar refractivity (Wildman–Crippen MR) is 46.0 cm³/mol. The molecule has 0 aromatic heterocycles. The highest BCUT2D eigenvalue weighted by molar-refractivity contribution is 5.66. The third kappa shape index (κ3) is 1.39. The molecule has 0 radical (unpaired) electrons. The fourth-order valence-corrected chi connectivity index (χ4v) is 1.65. The van der Waals surface area contributed by atoms with Crippen LogP contribution in [0.25, 0.3) is 0 Å². The number of amides is 1. The Hall–Kier alpha value is -0.770. The molecule has 0 saturated carbocycles. The highest BCUT2D eigenvalue weighted by Crippen LogP contribution is 2.26. The predicted octanol–water partition coefficient (Wildman–Crippen LogP) is 0.866. The summed E-state index contributed by atoms with van der Waals surface area (Å²) in [6, 6.07) is -0.0395. The molecule has 1 aliphatic heterocycles. The first kappa shape index (κ1) is 9.32. The van der Waals surface area contributed by atoms with Crippen LogP contribution < -0.4 is 5.73 Å². The highest BCUT2D eigenvalue weighted by Gasteiger charge is 2.38. The number of nitrogens with zero attached hydrogens (tertiary/aromatic N) is 1. The standard InChI is InChI=1S/C8H16N2O2/c1-8(2)6(9)4-3-5-10(8)7(11)12/h6H,3-5,9H2,1-2H3,(H,11,12). The molecule has 12 heavy (non-hydrogen) atoms. The van der Waals surface area contributed by atoms with E-state index in [1.54, 1.807) is 0 Å². The van der Waals surface area contributed by atoms with E-state index in [0.29, 0.717) is 6.54 Å². The summed E-state index contributed by atoms with van der Waals surface area (Å²) < 4.78 is 0. The van der Waals surface area contributed by atoms with Crippen molar-refractivity contribution in [2.45, 2.75) is 38.3 Å². The molecule has 1 fully saturated rings. The fraction of sp³-hybridized carbons (Fsp3) is 0.875. The summed E-state index contributed by atoms with van der Waals surface area (Å²) >= 11 is 0. The maximum Gasteiger partial charge on any atom is 0.407 e. The largest absolute Gasteiger partial charge is 0.465 e. The van der Waals surface area contributed by atoms with Crippen LogP contribution in [0.3, 0.4) is 0 Å². The second-order valence-corrected chi connectivity index (χ2v) is 3.84. The average molecular weight is 172 g/mol. The second-order valence-electron chi connectivity index (χ2n) is 3.84. The van der Waals surface area contributed by atoms with E-state index in [-0.39, 0.29) is 6.04 Å². The Morgan fingerprint density at radius 3 is 2.67 bits per heavy atom. The molecule has 0 aromatic carbocycles. The summed E-state index contributed by atoms with van der Waals surface area (Å²) in [6.07, 6.45) is 0.920. The summed E-state index contributed by atoms with van der Waals surface area (Å²) in [7, 11) is 0. The number of hydrogen-bond acceptors (Lipinski definition) is 2. The number of nitrogens with two attached hydrogens (primary N) is 1. The van der Waals surface area contributed by atoms with Crippen LogP contribution in [0.15, 0.2) is 0 Å². The van der Waals surface area contributed by atoms with E-state index in [0.717, 1.165) is 12.8 Å². The molecule has 0 bridgehead atoms. The molecule has 1 aliphatic rings. The van der Waals surface area contributed by atoms with Gasteiger partial charge in [-0.25, -0.2) is 4.79 Å². The van der Waals surface area contributed by atoms with Crippen LogP contribution in [0.2, 0.25) is 0 Å². The summed E-state index contributed by atoms with van der Waals surface area (Å²) in [6.45, 7) is 4.37. The molecule has 1 heterocycles. The smallest absolute Gasteiger partial charge is 0.407 e. The number of likely N-dealkylation sites (tertiary alicyclic amines) is 1. The van der Waals surface area contributed by atoms with Gasteiger partial charge in [-0.2, -0.15) is 0 Å². The molecule has 0 aromatic rings. The van der Waals surface area contributed by atoms with E-state index in [2.05, 4.69) is 0 Å². The minimum absolute atomic E-state index is 0.0395. The monoisotopic (exact) mass is 172 g/mol. The second kappa shape index (κ2) is 2.94. The van der Waals surface area contributed by atoms with Crippen LogP contribution >= 0.6 is 0 Å². The zero-order valence-corrected chi connectivity index (χ0v) is 7.58. The van der Waals surface area contributed by atoms with Gasteiger partial charge in [-0.1, -0.05) is 0 Å². The van der Waals surface area contributed by atoms with E-state index in [9.17, 15) is 4.79 Å². The molecule has 1 saturated heterocycles. The fourth-order valence-electron chi connectivity index (χ4n) is 1.65. The molecule has 4 nitrogen and oxygen atoms in total. The molecular weight excluding hydrogens is 156 g/mol. The SMILES string of the molecule is CC1(C)C(N)CCCN1C(=O)O. The molecule has 1 unspecified atom stereocenters. The van der Waals surface area contributed by atoms with Crippen molar-refractivity contribution in [3.8, 4) is 0 Å². The Bertz CT molecular complexity index is 191. The topological polar surface area (TPSA) is 66.6 Å². The van der Waals surface area contributed by atoms with Crippen LogP contribution in [-0.2, 0) is 0 Å². The van der Waals surface area contributed by atoms with Gasteiger partial charge >= 0.3 is 6.09 Å². The molecular formula is C8H16N2O2. The van der Waals surface area contributed by atoms with Crippen molar-refractivity contribution in [3.05, 3.63) is 0 Å². The van der Waals surface area contributed by atoms with Crippen molar-refractivity contribution in [2.75, 3.05) is 6.54 Å². The number of carboxylic acid groups (broad SMARTS) is 1. The zero-order chi connectivity index (χ0) is 9.35. The molecule has 1 atom stereocenters. The minimum atomic E-state index is -0.866. The van der Waals surface area contributed by atoms with E-state index in [1.165, 1.54) is 4.90 Å². The van der Waals surface area contributed by atoms with Gasteiger partial charge in [0.2, 0.25) is 0 Å². The van der Waals surface area contributed by atoms with Gasteiger partial charge in [0.15, 0.2) is 0 Å². The average Bonchev–Trinajstić information content (AvgIpc) is 1.94. The van der Waals surface area contributed by atoms with Gasteiger partial charge in [0.05, 0.1) is 5.54 Å². The van der Waals surface area contributed by atoms with Crippen molar-refractivity contribution in [2.24, 2.45) is 5.73 Å². The Kier molecular flexibility index (Phi) is 2.28. The van der Waals surface area contributed by atoms with Crippen LogP contribution in [0, 0.1) is 0 Å². The first-order valence-electron chi connectivity index (χ1n) is 4.22. The zero-order valence-electron chi connectivity index (χ0n) is 7.58. The summed E-state index contributed by atoms with van der Waals surface area (Å²) in [5.41, 5.74) is 5.42. The lowest BCUT2D eigenvalue weighted by molar-refractivity contribution is 0.0550. The van der Waals surface area contributed by atoms with E-state index in [1.807, 2.05) is 13.8 Å². The quantitative estimate of drug-likeness (QED) is 0.569. The third-order valence-electron chi connectivity index (χ3n) is 2.73. The summed E-state index contributed by atoms with van der Waals surface area (Å²) in [5.74, 6) is 0. The maximum atomic E-state index is 10.8. The maximum absolute atomic E-state index is 10.8.